The van der Waals surface area contributed by atoms with Crippen molar-refractivity contribution in [2.75, 3.05) is 0 Å². The van der Waals surface area contributed by atoms with Gasteiger partial charge in [-0.15, -0.1) is 0 Å². The average molecular weight is 749 g/mol. The number of benzene rings is 9. The van der Waals surface area contributed by atoms with Crippen molar-refractivity contribution < 1.29 is 0 Å². The maximum Gasteiger partial charge on any atom is 0.160 e. The first-order valence-electron chi connectivity index (χ1n) is 20.3. The van der Waals surface area contributed by atoms with E-state index in [9.17, 15) is 0 Å². The van der Waals surface area contributed by atoms with Gasteiger partial charge in [-0.3, -0.25) is 0 Å². The van der Waals surface area contributed by atoms with Gasteiger partial charge in [-0.2, -0.15) is 0 Å². The van der Waals surface area contributed by atoms with Crippen LogP contribution in [-0.4, -0.2) is 9.97 Å². The molecular formula is C57H36N2. The van der Waals surface area contributed by atoms with Crippen LogP contribution in [0.1, 0.15) is 22.3 Å². The molecule has 0 unspecified atom stereocenters. The summed E-state index contributed by atoms with van der Waals surface area (Å²) in [7, 11) is 0. The molecule has 0 saturated carbocycles. The number of fused-ring (bicyclic) bond motifs is 11. The van der Waals surface area contributed by atoms with Gasteiger partial charge in [-0.1, -0.05) is 194 Å². The van der Waals surface area contributed by atoms with E-state index in [1.807, 2.05) is 24.3 Å². The Labute approximate surface area is 343 Å². The zero-order valence-electron chi connectivity index (χ0n) is 32.2. The quantitative estimate of drug-likeness (QED) is 0.175. The van der Waals surface area contributed by atoms with Crippen LogP contribution >= 0.6 is 0 Å². The Morgan fingerprint density at radius 1 is 0.254 bits per heavy atom. The van der Waals surface area contributed by atoms with Crippen LogP contribution in [0.25, 0.3) is 89.2 Å². The highest BCUT2D eigenvalue weighted by atomic mass is 14.9. The van der Waals surface area contributed by atoms with Crippen molar-refractivity contribution >= 4 is 10.8 Å². The van der Waals surface area contributed by atoms with Crippen molar-refractivity contribution in [3.05, 3.63) is 241 Å². The monoisotopic (exact) mass is 748 g/mol. The smallest absolute Gasteiger partial charge is 0.160 e. The highest BCUT2D eigenvalue weighted by molar-refractivity contribution is 6.00. The van der Waals surface area contributed by atoms with Gasteiger partial charge in [-0.25, -0.2) is 9.97 Å². The Morgan fingerprint density at radius 2 is 0.712 bits per heavy atom. The lowest BCUT2D eigenvalue weighted by Gasteiger charge is -2.31. The van der Waals surface area contributed by atoms with E-state index in [1.54, 1.807) is 0 Å². The number of hydrogen-bond acceptors (Lipinski definition) is 2. The van der Waals surface area contributed by atoms with E-state index in [4.69, 9.17) is 9.97 Å². The highest BCUT2D eigenvalue weighted by Crippen LogP contribution is 2.63. The van der Waals surface area contributed by atoms with E-state index in [1.165, 1.54) is 72.0 Å². The van der Waals surface area contributed by atoms with Gasteiger partial charge in [0.15, 0.2) is 5.82 Å². The van der Waals surface area contributed by atoms with Crippen LogP contribution in [0.5, 0.6) is 0 Å². The lowest BCUT2D eigenvalue weighted by molar-refractivity contribution is 0.794. The molecule has 2 heteroatoms. The molecule has 0 amide bonds. The summed E-state index contributed by atoms with van der Waals surface area (Å²) in [4.78, 5) is 10.2. The number of nitrogens with zero attached hydrogens (tertiary/aromatic N) is 2. The van der Waals surface area contributed by atoms with Crippen LogP contribution < -0.4 is 0 Å². The summed E-state index contributed by atoms with van der Waals surface area (Å²) in [6.07, 6.45) is 0. The highest BCUT2D eigenvalue weighted by Gasteiger charge is 2.51. The van der Waals surface area contributed by atoms with Crippen molar-refractivity contribution in [2.45, 2.75) is 5.41 Å². The fraction of sp³-hybridized carbons (Fsp3) is 0.0175. The average Bonchev–Trinajstić information content (AvgIpc) is 3.78. The van der Waals surface area contributed by atoms with Gasteiger partial charge in [0, 0.05) is 16.7 Å². The largest absolute Gasteiger partial charge is 0.228 e. The van der Waals surface area contributed by atoms with Gasteiger partial charge in [-0.05, 0) is 102 Å². The van der Waals surface area contributed by atoms with E-state index < -0.39 is 5.41 Å². The van der Waals surface area contributed by atoms with E-state index >= 15 is 0 Å². The van der Waals surface area contributed by atoms with Crippen molar-refractivity contribution in [3.63, 3.8) is 0 Å². The normalized spacial score (nSPS) is 12.9. The molecule has 1 spiro atoms. The molecule has 0 radical (unpaired) electrons. The maximum atomic E-state index is 5.15. The third-order valence-electron chi connectivity index (χ3n) is 12.5. The Hall–Kier alpha value is -7.68. The standard InChI is InChI=1S/C57H36N2/c1-3-16-39(17-4-1)54-36-55(59-56(58-54)41-18-5-2-6-19-41)40-30-28-38(29-31-40)48-35-53-49(34-47(48)43-32-27-37-15-7-8-20-42(37)33-43)46-23-11-14-26-52(46)57(53)50-24-12-9-21-44(50)45-22-10-13-25-51(45)57/h1-36H. The zero-order valence-corrected chi connectivity index (χ0v) is 32.2. The molecule has 274 valence electrons. The molecule has 12 rings (SSSR count). The molecule has 2 aliphatic carbocycles. The predicted octanol–water partition coefficient (Wildman–Crippen LogP) is 14.3. The van der Waals surface area contributed by atoms with Gasteiger partial charge >= 0.3 is 0 Å². The summed E-state index contributed by atoms with van der Waals surface area (Å²) >= 11 is 0. The Balaban J connectivity index is 1.08. The molecule has 0 aliphatic heterocycles. The molecular weight excluding hydrogens is 713 g/mol. The number of hydrogen-bond donors (Lipinski definition) is 0. The van der Waals surface area contributed by atoms with Crippen LogP contribution in [0.2, 0.25) is 0 Å². The third kappa shape index (κ3) is 5.13. The molecule has 0 saturated heterocycles. The Kier molecular flexibility index (Phi) is 7.48. The first-order chi connectivity index (χ1) is 29.2. The lowest BCUT2D eigenvalue weighted by Crippen LogP contribution is -2.25. The minimum atomic E-state index is -0.432. The molecule has 0 N–H and O–H groups in total. The minimum Gasteiger partial charge on any atom is -0.228 e. The summed E-state index contributed by atoms with van der Waals surface area (Å²) in [6, 6.07) is 79.4. The summed E-state index contributed by atoms with van der Waals surface area (Å²) < 4.78 is 0. The number of aromatic nitrogens is 2. The zero-order chi connectivity index (χ0) is 38.9. The van der Waals surface area contributed by atoms with Gasteiger partial charge in [0.25, 0.3) is 0 Å². The summed E-state index contributed by atoms with van der Waals surface area (Å²) in [5.41, 5.74) is 19.8. The van der Waals surface area contributed by atoms with Crippen LogP contribution in [0.3, 0.4) is 0 Å². The van der Waals surface area contributed by atoms with Crippen molar-refractivity contribution in [3.8, 4) is 78.4 Å². The molecule has 1 aromatic heterocycles. The molecule has 1 heterocycles. The SMILES string of the molecule is c1ccc(-c2cc(-c3ccc(-c4cc5c(cc4-c4ccc6ccccc6c4)-c4ccccc4C54c5ccccc5-c5ccccc54)cc3)nc(-c3ccccc3)n2)cc1. The van der Waals surface area contributed by atoms with Crippen LogP contribution in [0, 0.1) is 0 Å². The fourth-order valence-corrected chi connectivity index (χ4v) is 9.86. The molecule has 0 fully saturated rings. The molecule has 10 aromatic rings. The predicted molar refractivity (Wildman–Crippen MR) is 243 cm³/mol. The summed E-state index contributed by atoms with van der Waals surface area (Å²) in [5.74, 6) is 0.713. The van der Waals surface area contributed by atoms with Crippen molar-refractivity contribution in [2.24, 2.45) is 0 Å². The van der Waals surface area contributed by atoms with Gasteiger partial charge < -0.3 is 0 Å². The van der Waals surface area contributed by atoms with Gasteiger partial charge in [0.2, 0.25) is 0 Å². The second kappa shape index (κ2) is 13.2. The van der Waals surface area contributed by atoms with E-state index in [2.05, 4.69) is 194 Å². The summed E-state index contributed by atoms with van der Waals surface area (Å²) in [5, 5.41) is 2.47. The Bertz CT molecular complexity index is 3150. The first kappa shape index (κ1) is 33.5. The second-order valence-corrected chi connectivity index (χ2v) is 15.7. The number of rotatable bonds is 5. The summed E-state index contributed by atoms with van der Waals surface area (Å²) in [6.45, 7) is 0. The van der Waals surface area contributed by atoms with Crippen LogP contribution in [0.4, 0.5) is 0 Å². The molecule has 2 aliphatic rings. The molecule has 0 bridgehead atoms. The second-order valence-electron chi connectivity index (χ2n) is 15.7. The fourth-order valence-electron chi connectivity index (χ4n) is 9.86. The van der Waals surface area contributed by atoms with Crippen molar-refractivity contribution in [1.82, 2.24) is 9.97 Å². The molecule has 9 aromatic carbocycles. The van der Waals surface area contributed by atoms with E-state index in [0.29, 0.717) is 5.82 Å². The topological polar surface area (TPSA) is 25.8 Å². The maximum absolute atomic E-state index is 5.15. The first-order valence-corrected chi connectivity index (χ1v) is 20.3. The Morgan fingerprint density at radius 3 is 1.34 bits per heavy atom. The minimum absolute atomic E-state index is 0.432. The third-order valence-corrected chi connectivity index (χ3v) is 12.5. The lowest BCUT2D eigenvalue weighted by atomic mass is 9.70. The van der Waals surface area contributed by atoms with Crippen LogP contribution in [-0.2, 0) is 5.41 Å². The molecule has 0 atom stereocenters. The van der Waals surface area contributed by atoms with Gasteiger partial charge in [0.1, 0.15) is 0 Å². The van der Waals surface area contributed by atoms with E-state index in [-0.39, 0.29) is 0 Å². The van der Waals surface area contributed by atoms with Gasteiger partial charge in [0.05, 0.1) is 16.8 Å². The van der Waals surface area contributed by atoms with E-state index in [0.717, 1.165) is 33.6 Å². The molecule has 2 nitrogen and oxygen atoms in total. The van der Waals surface area contributed by atoms with Crippen molar-refractivity contribution in [1.29, 1.82) is 0 Å². The molecule has 59 heavy (non-hydrogen) atoms. The van der Waals surface area contributed by atoms with Crippen LogP contribution in [0.15, 0.2) is 218 Å².